The number of benzene rings is 1. The lowest BCUT2D eigenvalue weighted by Crippen LogP contribution is -2.46. The first-order chi connectivity index (χ1) is 9.16. The van der Waals surface area contributed by atoms with Gasteiger partial charge in [0, 0.05) is 31.7 Å². The molecule has 0 atom stereocenters. The summed E-state index contributed by atoms with van der Waals surface area (Å²) in [5, 5.41) is 3.15. The van der Waals surface area contributed by atoms with Crippen LogP contribution in [0.1, 0.15) is 5.56 Å². The van der Waals surface area contributed by atoms with Gasteiger partial charge < -0.3 is 15.0 Å². The van der Waals surface area contributed by atoms with Gasteiger partial charge >= 0.3 is 6.61 Å². The molecule has 1 aromatic carbocycles. The molecule has 0 spiro atoms. The zero-order valence-corrected chi connectivity index (χ0v) is 10.4. The molecule has 6 heteroatoms. The second-order valence-corrected chi connectivity index (χ2v) is 4.29. The summed E-state index contributed by atoms with van der Waals surface area (Å²) in [6, 6.07) is 6.40. The van der Waals surface area contributed by atoms with Crippen LogP contribution in [0.15, 0.2) is 24.3 Å². The van der Waals surface area contributed by atoms with Gasteiger partial charge in [-0.2, -0.15) is 8.78 Å². The number of alkyl halides is 2. The maximum absolute atomic E-state index is 12.3. The molecule has 0 aliphatic carbocycles. The molecule has 0 aromatic heterocycles. The minimum absolute atomic E-state index is 0.0631. The van der Waals surface area contributed by atoms with E-state index in [1.165, 1.54) is 6.07 Å². The number of nitrogens with zero attached hydrogens (tertiary/aromatic N) is 1. The second kappa shape index (κ2) is 6.47. The third-order valence-electron chi connectivity index (χ3n) is 3.00. The Kier molecular flexibility index (Phi) is 4.68. The minimum Gasteiger partial charge on any atom is -0.435 e. The van der Waals surface area contributed by atoms with Crippen molar-refractivity contribution in [3.05, 3.63) is 29.8 Å². The van der Waals surface area contributed by atoms with E-state index in [2.05, 4.69) is 10.1 Å². The predicted octanol–water partition coefficient (Wildman–Crippen LogP) is 1.26. The fourth-order valence-electron chi connectivity index (χ4n) is 2.05. The van der Waals surface area contributed by atoms with Gasteiger partial charge in [0.05, 0.1) is 6.42 Å². The molecule has 1 saturated heterocycles. The maximum Gasteiger partial charge on any atom is 0.387 e. The minimum atomic E-state index is -2.88. The fourth-order valence-corrected chi connectivity index (χ4v) is 2.05. The van der Waals surface area contributed by atoms with Crippen molar-refractivity contribution >= 4 is 5.91 Å². The number of hydrogen-bond acceptors (Lipinski definition) is 3. The van der Waals surface area contributed by atoms with Crippen molar-refractivity contribution < 1.29 is 18.3 Å². The van der Waals surface area contributed by atoms with Crippen LogP contribution in [0.5, 0.6) is 5.75 Å². The van der Waals surface area contributed by atoms with Crippen molar-refractivity contribution in [3.8, 4) is 5.75 Å². The Balaban J connectivity index is 2.03. The van der Waals surface area contributed by atoms with Crippen LogP contribution < -0.4 is 10.1 Å². The topological polar surface area (TPSA) is 41.6 Å². The van der Waals surface area contributed by atoms with Crippen LogP contribution in [-0.4, -0.2) is 43.6 Å². The number of carbonyl (C=O) groups is 1. The van der Waals surface area contributed by atoms with Crippen LogP contribution >= 0.6 is 0 Å². The van der Waals surface area contributed by atoms with Gasteiger partial charge in [-0.1, -0.05) is 18.2 Å². The van der Waals surface area contributed by atoms with Crippen molar-refractivity contribution in [2.24, 2.45) is 0 Å². The van der Waals surface area contributed by atoms with Crippen LogP contribution in [0.4, 0.5) is 8.78 Å². The number of nitrogens with one attached hydrogen (secondary N) is 1. The molecule has 0 unspecified atom stereocenters. The molecule has 4 nitrogen and oxygen atoms in total. The summed E-state index contributed by atoms with van der Waals surface area (Å²) in [4.78, 5) is 13.8. The lowest BCUT2D eigenvalue weighted by atomic mass is 10.1. The van der Waals surface area contributed by atoms with Crippen LogP contribution in [0, 0.1) is 0 Å². The highest BCUT2D eigenvalue weighted by Crippen LogP contribution is 2.21. The first-order valence-corrected chi connectivity index (χ1v) is 6.18. The summed E-state index contributed by atoms with van der Waals surface area (Å²) in [5.74, 6) is 0.00722. The number of amides is 1. The van der Waals surface area contributed by atoms with Crippen molar-refractivity contribution in [1.29, 1.82) is 0 Å². The number of hydrogen-bond donors (Lipinski definition) is 1. The van der Waals surface area contributed by atoms with Crippen molar-refractivity contribution in [2.75, 3.05) is 26.2 Å². The molecule has 1 aliphatic rings. The maximum atomic E-state index is 12.3. The van der Waals surface area contributed by atoms with Gasteiger partial charge in [-0.3, -0.25) is 4.79 Å². The summed E-state index contributed by atoms with van der Waals surface area (Å²) < 4.78 is 29.0. The van der Waals surface area contributed by atoms with Gasteiger partial charge in [-0.05, 0) is 6.07 Å². The Bertz CT molecular complexity index is 434. The Morgan fingerprint density at radius 3 is 2.68 bits per heavy atom. The van der Waals surface area contributed by atoms with Gasteiger partial charge in [0.2, 0.25) is 5.91 Å². The predicted molar refractivity (Wildman–Crippen MR) is 66.2 cm³/mol. The fraction of sp³-hybridized carbons (Fsp3) is 0.462. The summed E-state index contributed by atoms with van der Waals surface area (Å²) in [6.07, 6.45) is 0.0862. The zero-order chi connectivity index (χ0) is 13.7. The standard InChI is InChI=1S/C13H16F2N2O2/c14-13(15)19-11-4-2-1-3-10(11)9-12(18)17-7-5-16-6-8-17/h1-4,13,16H,5-9H2. The highest BCUT2D eigenvalue weighted by molar-refractivity contribution is 5.79. The summed E-state index contributed by atoms with van der Waals surface area (Å²) in [7, 11) is 0. The van der Waals surface area contributed by atoms with E-state index in [9.17, 15) is 13.6 Å². The smallest absolute Gasteiger partial charge is 0.387 e. The summed E-state index contributed by atoms with van der Waals surface area (Å²) in [6.45, 7) is -0.0506. The number of halogens is 2. The zero-order valence-electron chi connectivity index (χ0n) is 10.4. The summed E-state index contributed by atoms with van der Waals surface area (Å²) in [5.41, 5.74) is 0.492. The Morgan fingerprint density at radius 1 is 1.32 bits per heavy atom. The number of piperazine rings is 1. The lowest BCUT2D eigenvalue weighted by molar-refractivity contribution is -0.131. The highest BCUT2D eigenvalue weighted by atomic mass is 19.3. The molecule has 19 heavy (non-hydrogen) atoms. The third kappa shape index (κ3) is 3.89. The van der Waals surface area contributed by atoms with E-state index in [0.717, 1.165) is 13.1 Å². The van der Waals surface area contributed by atoms with Crippen molar-refractivity contribution in [2.45, 2.75) is 13.0 Å². The average molecular weight is 270 g/mol. The van der Waals surface area contributed by atoms with Gasteiger partial charge in [0.15, 0.2) is 0 Å². The number of para-hydroxylation sites is 1. The molecule has 1 amide bonds. The van der Waals surface area contributed by atoms with E-state index < -0.39 is 6.61 Å². The van der Waals surface area contributed by atoms with E-state index in [1.54, 1.807) is 23.1 Å². The van der Waals surface area contributed by atoms with E-state index in [-0.39, 0.29) is 18.1 Å². The number of rotatable bonds is 4. The monoisotopic (exact) mass is 270 g/mol. The van der Waals surface area contributed by atoms with E-state index in [4.69, 9.17) is 0 Å². The Morgan fingerprint density at radius 2 is 2.00 bits per heavy atom. The molecule has 2 rings (SSSR count). The van der Waals surface area contributed by atoms with Crippen LogP contribution in [0.2, 0.25) is 0 Å². The van der Waals surface area contributed by atoms with E-state index in [0.29, 0.717) is 18.7 Å². The molecular weight excluding hydrogens is 254 g/mol. The normalized spacial score (nSPS) is 15.6. The van der Waals surface area contributed by atoms with E-state index >= 15 is 0 Å². The SMILES string of the molecule is O=C(Cc1ccccc1OC(F)F)N1CCNCC1. The van der Waals surface area contributed by atoms with Crippen LogP contribution in [-0.2, 0) is 11.2 Å². The van der Waals surface area contributed by atoms with Crippen molar-refractivity contribution in [1.82, 2.24) is 10.2 Å². The molecule has 1 aliphatic heterocycles. The summed E-state index contributed by atoms with van der Waals surface area (Å²) >= 11 is 0. The second-order valence-electron chi connectivity index (χ2n) is 4.29. The first kappa shape index (κ1) is 13.7. The molecule has 0 saturated carbocycles. The van der Waals surface area contributed by atoms with Crippen LogP contribution in [0.25, 0.3) is 0 Å². The van der Waals surface area contributed by atoms with Gasteiger partial charge in [0.25, 0.3) is 0 Å². The Hall–Kier alpha value is -1.69. The molecule has 1 heterocycles. The quantitative estimate of drug-likeness (QED) is 0.895. The molecule has 104 valence electrons. The first-order valence-electron chi connectivity index (χ1n) is 6.18. The molecular formula is C13H16F2N2O2. The lowest BCUT2D eigenvalue weighted by Gasteiger charge is -2.27. The molecule has 0 radical (unpaired) electrons. The van der Waals surface area contributed by atoms with Gasteiger partial charge in [-0.15, -0.1) is 0 Å². The van der Waals surface area contributed by atoms with Crippen LogP contribution in [0.3, 0.4) is 0 Å². The highest BCUT2D eigenvalue weighted by Gasteiger charge is 2.18. The van der Waals surface area contributed by atoms with Gasteiger partial charge in [-0.25, -0.2) is 0 Å². The molecule has 1 aromatic rings. The molecule has 1 fully saturated rings. The average Bonchev–Trinajstić information content (AvgIpc) is 2.41. The number of ether oxygens (including phenoxy) is 1. The molecule has 0 bridgehead atoms. The van der Waals surface area contributed by atoms with E-state index in [1.807, 2.05) is 0 Å². The number of carbonyl (C=O) groups excluding carboxylic acids is 1. The van der Waals surface area contributed by atoms with Gasteiger partial charge in [0.1, 0.15) is 5.75 Å². The molecule has 1 N–H and O–H groups in total. The third-order valence-corrected chi connectivity index (χ3v) is 3.00. The largest absolute Gasteiger partial charge is 0.435 e. The Labute approximate surface area is 110 Å². The van der Waals surface area contributed by atoms with Crippen molar-refractivity contribution in [3.63, 3.8) is 0 Å².